The van der Waals surface area contributed by atoms with E-state index >= 15 is 0 Å². The molecule has 1 aliphatic rings. The third-order valence-corrected chi connectivity index (χ3v) is 4.83. The SMILES string of the molecule is CSc1c2c(c(C#N)c(=N)n1-c1ccccc1)CCCC2. The van der Waals surface area contributed by atoms with Crippen molar-refractivity contribution >= 4 is 11.8 Å². The number of hydrogen-bond donors (Lipinski definition) is 1. The van der Waals surface area contributed by atoms with Gasteiger partial charge < -0.3 is 0 Å². The number of thioether (sulfide) groups is 1. The van der Waals surface area contributed by atoms with Crippen molar-refractivity contribution in [2.75, 3.05) is 6.26 Å². The lowest BCUT2D eigenvalue weighted by atomic mass is 9.90. The molecule has 0 fully saturated rings. The van der Waals surface area contributed by atoms with Crippen LogP contribution in [-0.2, 0) is 12.8 Å². The quantitative estimate of drug-likeness (QED) is 0.863. The van der Waals surface area contributed by atoms with Gasteiger partial charge in [-0.1, -0.05) is 18.2 Å². The van der Waals surface area contributed by atoms with Gasteiger partial charge in [0.2, 0.25) is 0 Å². The first-order valence-electron chi connectivity index (χ1n) is 7.12. The van der Waals surface area contributed by atoms with E-state index in [2.05, 4.69) is 12.3 Å². The number of nitrogens with one attached hydrogen (secondary N) is 1. The van der Waals surface area contributed by atoms with Gasteiger partial charge in [0.1, 0.15) is 11.6 Å². The van der Waals surface area contributed by atoms with E-state index in [1.165, 1.54) is 5.56 Å². The fraction of sp³-hybridized carbons (Fsp3) is 0.294. The van der Waals surface area contributed by atoms with Crippen molar-refractivity contribution in [3.05, 3.63) is 52.5 Å². The van der Waals surface area contributed by atoms with Crippen LogP contribution in [0.3, 0.4) is 0 Å². The van der Waals surface area contributed by atoms with Gasteiger partial charge in [-0.2, -0.15) is 5.26 Å². The van der Waals surface area contributed by atoms with Crippen molar-refractivity contribution in [3.63, 3.8) is 0 Å². The molecule has 21 heavy (non-hydrogen) atoms. The van der Waals surface area contributed by atoms with Crippen LogP contribution in [0.1, 0.15) is 29.5 Å². The van der Waals surface area contributed by atoms with E-state index in [4.69, 9.17) is 5.41 Å². The van der Waals surface area contributed by atoms with Gasteiger partial charge in [0.15, 0.2) is 0 Å². The molecule has 0 unspecified atom stereocenters. The summed E-state index contributed by atoms with van der Waals surface area (Å²) in [5.74, 6) is 0. The van der Waals surface area contributed by atoms with Gasteiger partial charge in [-0.3, -0.25) is 9.98 Å². The van der Waals surface area contributed by atoms with Crippen LogP contribution < -0.4 is 5.49 Å². The molecule has 3 rings (SSSR count). The van der Waals surface area contributed by atoms with Crippen LogP contribution >= 0.6 is 11.8 Å². The molecule has 0 spiro atoms. The van der Waals surface area contributed by atoms with E-state index in [9.17, 15) is 5.26 Å². The molecule has 0 aliphatic heterocycles. The molecule has 4 heteroatoms. The first kappa shape index (κ1) is 14.0. The van der Waals surface area contributed by atoms with E-state index in [1.54, 1.807) is 11.8 Å². The van der Waals surface area contributed by atoms with Crippen LogP contribution in [0.5, 0.6) is 0 Å². The molecule has 0 saturated heterocycles. The number of para-hydroxylation sites is 1. The summed E-state index contributed by atoms with van der Waals surface area (Å²) < 4.78 is 1.92. The first-order valence-corrected chi connectivity index (χ1v) is 8.35. The van der Waals surface area contributed by atoms with Gasteiger partial charge in [0.05, 0.1) is 10.6 Å². The Morgan fingerprint density at radius 2 is 1.81 bits per heavy atom. The average molecular weight is 295 g/mol. The topological polar surface area (TPSA) is 52.6 Å². The Hall–Kier alpha value is -1.99. The summed E-state index contributed by atoms with van der Waals surface area (Å²) in [5.41, 5.74) is 4.19. The fourth-order valence-electron chi connectivity index (χ4n) is 3.07. The number of rotatable bonds is 2. The normalized spacial score (nSPS) is 13.5. The molecule has 1 aliphatic carbocycles. The van der Waals surface area contributed by atoms with Gasteiger partial charge in [-0.15, -0.1) is 11.8 Å². The number of nitrogens with zero attached hydrogens (tertiary/aromatic N) is 2. The molecule has 2 aromatic rings. The van der Waals surface area contributed by atoms with Crippen molar-refractivity contribution in [1.29, 1.82) is 10.7 Å². The number of hydrogen-bond acceptors (Lipinski definition) is 3. The second-order valence-electron chi connectivity index (χ2n) is 5.18. The summed E-state index contributed by atoms with van der Waals surface area (Å²) in [5, 5.41) is 19.1. The maximum Gasteiger partial charge on any atom is 0.148 e. The van der Waals surface area contributed by atoms with Gasteiger partial charge in [-0.05, 0) is 55.2 Å². The van der Waals surface area contributed by atoms with Crippen LogP contribution in [0.15, 0.2) is 35.4 Å². The zero-order chi connectivity index (χ0) is 14.8. The molecule has 1 aromatic heterocycles. The third-order valence-electron chi connectivity index (χ3n) is 4.01. The largest absolute Gasteiger partial charge is 0.288 e. The predicted molar refractivity (Wildman–Crippen MR) is 84.8 cm³/mol. The molecule has 0 saturated carbocycles. The number of aromatic nitrogens is 1. The summed E-state index contributed by atoms with van der Waals surface area (Å²) in [7, 11) is 0. The summed E-state index contributed by atoms with van der Waals surface area (Å²) in [6.45, 7) is 0. The van der Waals surface area contributed by atoms with E-state index in [0.29, 0.717) is 11.1 Å². The predicted octanol–water partition coefficient (Wildman–Crippen LogP) is 3.43. The minimum Gasteiger partial charge on any atom is -0.288 e. The smallest absolute Gasteiger partial charge is 0.148 e. The zero-order valence-corrected chi connectivity index (χ0v) is 12.8. The summed E-state index contributed by atoms with van der Waals surface area (Å²) >= 11 is 1.67. The minimum absolute atomic E-state index is 0.314. The average Bonchev–Trinajstić information content (AvgIpc) is 2.54. The lowest BCUT2D eigenvalue weighted by Gasteiger charge is -2.24. The van der Waals surface area contributed by atoms with Crippen LogP contribution in [-0.4, -0.2) is 10.8 Å². The summed E-state index contributed by atoms with van der Waals surface area (Å²) in [4.78, 5) is 0. The highest BCUT2D eigenvalue weighted by molar-refractivity contribution is 7.98. The second-order valence-corrected chi connectivity index (χ2v) is 5.97. The Kier molecular flexibility index (Phi) is 3.85. The summed E-state index contributed by atoms with van der Waals surface area (Å²) in [6.07, 6.45) is 6.26. The van der Waals surface area contributed by atoms with Crippen molar-refractivity contribution < 1.29 is 0 Å². The lowest BCUT2D eigenvalue weighted by molar-refractivity contribution is 0.644. The van der Waals surface area contributed by atoms with E-state index in [-0.39, 0.29) is 0 Å². The van der Waals surface area contributed by atoms with Crippen LogP contribution in [0.25, 0.3) is 5.69 Å². The minimum atomic E-state index is 0.314. The maximum atomic E-state index is 9.52. The first-order chi connectivity index (χ1) is 10.3. The molecule has 106 valence electrons. The molecule has 0 amide bonds. The molecule has 1 heterocycles. The van der Waals surface area contributed by atoms with Gasteiger partial charge >= 0.3 is 0 Å². The number of pyridine rings is 1. The Morgan fingerprint density at radius 1 is 1.14 bits per heavy atom. The highest BCUT2D eigenvalue weighted by Crippen LogP contribution is 2.31. The zero-order valence-electron chi connectivity index (χ0n) is 12.0. The van der Waals surface area contributed by atoms with E-state index < -0.39 is 0 Å². The molecular formula is C17H17N3S. The maximum absolute atomic E-state index is 9.52. The van der Waals surface area contributed by atoms with Crippen LogP contribution in [0.4, 0.5) is 0 Å². The van der Waals surface area contributed by atoms with Crippen molar-refractivity contribution in [3.8, 4) is 11.8 Å². The number of nitriles is 1. The fourth-order valence-corrected chi connectivity index (χ4v) is 3.92. The van der Waals surface area contributed by atoms with E-state index in [1.807, 2.05) is 34.9 Å². The van der Waals surface area contributed by atoms with Crippen LogP contribution in [0, 0.1) is 16.7 Å². The van der Waals surface area contributed by atoms with Crippen molar-refractivity contribution in [1.82, 2.24) is 4.57 Å². The molecule has 1 N–H and O–H groups in total. The summed E-state index contributed by atoms with van der Waals surface area (Å²) in [6, 6.07) is 12.2. The highest BCUT2D eigenvalue weighted by atomic mass is 32.2. The van der Waals surface area contributed by atoms with Crippen LogP contribution in [0.2, 0.25) is 0 Å². The Balaban J connectivity index is 2.40. The van der Waals surface area contributed by atoms with Gasteiger partial charge in [0, 0.05) is 5.69 Å². The highest BCUT2D eigenvalue weighted by Gasteiger charge is 2.22. The lowest BCUT2D eigenvalue weighted by Crippen LogP contribution is -2.28. The van der Waals surface area contributed by atoms with Gasteiger partial charge in [0.25, 0.3) is 0 Å². The molecule has 0 atom stereocenters. The monoisotopic (exact) mass is 295 g/mol. The number of fused-ring (bicyclic) bond motifs is 1. The molecular weight excluding hydrogens is 278 g/mol. The molecule has 1 aromatic carbocycles. The van der Waals surface area contributed by atoms with Crippen molar-refractivity contribution in [2.45, 2.75) is 30.7 Å². The molecule has 0 radical (unpaired) electrons. The Labute approximate surface area is 128 Å². The van der Waals surface area contributed by atoms with E-state index in [0.717, 1.165) is 42.0 Å². The third kappa shape index (κ3) is 2.28. The molecule has 3 nitrogen and oxygen atoms in total. The molecule has 0 bridgehead atoms. The van der Waals surface area contributed by atoms with Gasteiger partial charge in [-0.25, -0.2) is 0 Å². The standard InChI is InChI=1S/C17H17N3S/c1-21-17-14-10-6-5-9-13(14)15(11-18)16(19)20(17)12-7-3-2-4-8-12/h2-4,7-8,19H,5-6,9-10H2,1H3. The Morgan fingerprint density at radius 3 is 2.43 bits per heavy atom. The Bertz CT molecular complexity index is 769. The van der Waals surface area contributed by atoms with Crippen molar-refractivity contribution in [2.24, 2.45) is 0 Å². The second kappa shape index (κ2) is 5.79. The number of benzene rings is 1.